The van der Waals surface area contributed by atoms with E-state index in [-0.39, 0.29) is 23.3 Å². The fourth-order valence-corrected chi connectivity index (χ4v) is 2.84. The van der Waals surface area contributed by atoms with Crippen LogP contribution in [0.5, 0.6) is 0 Å². The van der Waals surface area contributed by atoms with E-state index in [1.54, 1.807) is 0 Å². The van der Waals surface area contributed by atoms with E-state index >= 15 is 0 Å². The first-order valence-electron chi connectivity index (χ1n) is 9.62. The van der Waals surface area contributed by atoms with Gasteiger partial charge in [0.25, 0.3) is 0 Å². The molecule has 31 heavy (non-hydrogen) atoms. The summed E-state index contributed by atoms with van der Waals surface area (Å²) >= 11 is 0. The van der Waals surface area contributed by atoms with Crippen LogP contribution in [0.3, 0.4) is 0 Å². The van der Waals surface area contributed by atoms with Gasteiger partial charge in [-0.25, -0.2) is 0 Å². The molecule has 0 saturated carbocycles. The minimum absolute atomic E-state index is 0.0134. The van der Waals surface area contributed by atoms with Gasteiger partial charge in [-0.2, -0.15) is 0 Å². The lowest BCUT2D eigenvalue weighted by molar-refractivity contribution is -0.389. The number of nitrogens with one attached hydrogen (secondary N) is 2. The number of unbranched alkanes of at least 4 members (excludes halogenated alkanes) is 4. The van der Waals surface area contributed by atoms with Crippen molar-refractivity contribution in [1.29, 1.82) is 0 Å². The quantitative estimate of drug-likeness (QED) is 0.281. The first kappa shape index (κ1) is 23.4. The molecule has 2 amide bonds. The molecule has 14 nitrogen and oxygen atoms in total. The molecular formula is C17H24N8O6. The van der Waals surface area contributed by atoms with E-state index < -0.39 is 21.7 Å². The average molecular weight is 436 g/mol. The van der Waals surface area contributed by atoms with Crippen LogP contribution in [0, 0.1) is 20.2 Å². The zero-order valence-corrected chi connectivity index (χ0v) is 17.2. The smallest absolute Gasteiger partial charge is 0.358 e. The van der Waals surface area contributed by atoms with Crippen molar-refractivity contribution in [2.45, 2.75) is 32.1 Å². The highest BCUT2D eigenvalue weighted by Crippen LogP contribution is 2.10. The van der Waals surface area contributed by atoms with Gasteiger partial charge in [0.05, 0.1) is 0 Å². The molecule has 168 valence electrons. The first-order chi connectivity index (χ1) is 14.7. The molecule has 2 aromatic rings. The first-order valence-corrected chi connectivity index (χ1v) is 9.62. The zero-order chi connectivity index (χ0) is 23.0. The predicted molar refractivity (Wildman–Crippen MR) is 107 cm³/mol. The van der Waals surface area contributed by atoms with Crippen molar-refractivity contribution < 1.29 is 19.4 Å². The second-order valence-electron chi connectivity index (χ2n) is 6.86. The lowest BCUT2D eigenvalue weighted by Gasteiger charge is -2.04. The molecule has 0 fully saturated rings. The molecule has 2 aromatic heterocycles. The maximum atomic E-state index is 12.0. The number of nitrogens with zero attached hydrogens (tertiary/aromatic N) is 6. The Balaban J connectivity index is 1.57. The topological polar surface area (TPSA) is 180 Å². The van der Waals surface area contributed by atoms with Crippen molar-refractivity contribution in [2.75, 3.05) is 13.1 Å². The van der Waals surface area contributed by atoms with Gasteiger partial charge in [0.1, 0.15) is 12.4 Å². The molecule has 0 aromatic carbocycles. The second kappa shape index (κ2) is 10.8. The van der Waals surface area contributed by atoms with Crippen molar-refractivity contribution in [2.24, 2.45) is 14.1 Å². The van der Waals surface area contributed by atoms with Crippen molar-refractivity contribution in [3.05, 3.63) is 44.3 Å². The van der Waals surface area contributed by atoms with Gasteiger partial charge >= 0.3 is 35.1 Å². The molecule has 0 saturated heterocycles. The standard InChI is InChI=1S/C17H24N8O6/c1-22-10-12(24(28)29)20-14(22)16(26)18-8-6-4-3-5-7-9-19-17(27)15-21-13(25(30)31)11-23(15)2/h10-11H,3-9H2,1-2H3,(H,18,26)(H,19,27). The van der Waals surface area contributed by atoms with E-state index in [1.807, 2.05) is 0 Å². The Hall–Kier alpha value is -3.84. The molecule has 2 rings (SSSR count). The summed E-state index contributed by atoms with van der Waals surface area (Å²) in [5.41, 5.74) is 0. The maximum Gasteiger partial charge on any atom is 0.382 e. The third kappa shape index (κ3) is 6.58. The Kier molecular flexibility index (Phi) is 8.16. The van der Waals surface area contributed by atoms with Crippen molar-refractivity contribution in [1.82, 2.24) is 29.7 Å². The Bertz CT molecular complexity index is 890. The molecule has 0 aliphatic carbocycles. The number of rotatable bonds is 12. The summed E-state index contributed by atoms with van der Waals surface area (Å²) in [5.74, 6) is -1.71. The minimum Gasteiger partial charge on any atom is -0.358 e. The SMILES string of the molecule is Cn1cc([N+](=O)[O-])nc1C(=O)NCCCCCCCNC(=O)c1nc([N+](=O)[O-])cn1C. The molecule has 14 heteroatoms. The molecule has 2 N–H and O–H groups in total. The van der Waals surface area contributed by atoms with Gasteiger partial charge in [-0.05, 0) is 32.7 Å². The number of aryl methyl sites for hydroxylation is 2. The van der Waals surface area contributed by atoms with E-state index in [0.29, 0.717) is 13.1 Å². The van der Waals surface area contributed by atoms with Crippen LogP contribution in [0.25, 0.3) is 0 Å². The molecule has 0 unspecified atom stereocenters. The van der Waals surface area contributed by atoms with E-state index in [0.717, 1.165) is 32.1 Å². The predicted octanol–water partition coefficient (Wildman–Crippen LogP) is 1.08. The molecule has 2 heterocycles. The Morgan fingerprint density at radius 3 is 1.48 bits per heavy atom. The number of hydrogen-bond donors (Lipinski definition) is 2. The number of imidazole rings is 2. The molecule has 0 bridgehead atoms. The van der Waals surface area contributed by atoms with Crippen molar-refractivity contribution in [3.63, 3.8) is 0 Å². The van der Waals surface area contributed by atoms with E-state index in [9.17, 15) is 29.8 Å². The van der Waals surface area contributed by atoms with Crippen LogP contribution >= 0.6 is 0 Å². The molecular weight excluding hydrogens is 412 g/mol. The van der Waals surface area contributed by atoms with E-state index in [4.69, 9.17) is 0 Å². The van der Waals surface area contributed by atoms with Gasteiger partial charge in [-0.1, -0.05) is 19.3 Å². The molecule has 0 spiro atoms. The highest BCUT2D eigenvalue weighted by Gasteiger charge is 2.23. The highest BCUT2D eigenvalue weighted by molar-refractivity contribution is 5.91. The van der Waals surface area contributed by atoms with Crippen LogP contribution in [-0.4, -0.2) is 53.9 Å². The van der Waals surface area contributed by atoms with E-state index in [1.165, 1.54) is 35.6 Å². The number of amides is 2. The monoisotopic (exact) mass is 436 g/mol. The second-order valence-corrected chi connectivity index (χ2v) is 6.86. The molecule has 0 atom stereocenters. The van der Waals surface area contributed by atoms with Crippen molar-refractivity contribution >= 4 is 23.5 Å². The fourth-order valence-electron chi connectivity index (χ4n) is 2.84. The van der Waals surface area contributed by atoms with Gasteiger partial charge in [0, 0.05) is 27.2 Å². The third-order valence-corrected chi connectivity index (χ3v) is 4.43. The summed E-state index contributed by atoms with van der Waals surface area (Å²) < 4.78 is 2.62. The minimum atomic E-state index is -0.653. The number of carbonyl (C=O) groups is 2. The van der Waals surface area contributed by atoms with Crippen LogP contribution in [-0.2, 0) is 14.1 Å². The van der Waals surface area contributed by atoms with Crippen LogP contribution in [0.1, 0.15) is 53.3 Å². The summed E-state index contributed by atoms with van der Waals surface area (Å²) in [5, 5.41) is 26.8. The van der Waals surface area contributed by atoms with Crippen molar-refractivity contribution in [3.8, 4) is 0 Å². The van der Waals surface area contributed by atoms with E-state index in [2.05, 4.69) is 20.6 Å². The maximum absolute atomic E-state index is 12.0. The average Bonchev–Trinajstić information content (AvgIpc) is 3.29. The summed E-state index contributed by atoms with van der Waals surface area (Å²) in [4.78, 5) is 51.5. The number of hydrogen-bond acceptors (Lipinski definition) is 8. The summed E-state index contributed by atoms with van der Waals surface area (Å²) in [6.45, 7) is 0.850. The summed E-state index contributed by atoms with van der Waals surface area (Å²) in [7, 11) is 3.03. The Labute approximate surface area is 177 Å². The van der Waals surface area contributed by atoms with Crippen LogP contribution in [0.4, 0.5) is 11.6 Å². The van der Waals surface area contributed by atoms with Gasteiger partial charge < -0.3 is 40.0 Å². The van der Waals surface area contributed by atoms with Gasteiger partial charge in [-0.3, -0.25) is 9.59 Å². The zero-order valence-electron chi connectivity index (χ0n) is 17.2. The van der Waals surface area contributed by atoms with Crippen LogP contribution < -0.4 is 10.6 Å². The lowest BCUT2D eigenvalue weighted by Crippen LogP contribution is -2.27. The fraction of sp³-hybridized carbons (Fsp3) is 0.529. The largest absolute Gasteiger partial charge is 0.382 e. The van der Waals surface area contributed by atoms with Crippen LogP contribution in [0.2, 0.25) is 0 Å². The molecule has 0 aliphatic rings. The third-order valence-electron chi connectivity index (χ3n) is 4.43. The number of aromatic nitrogens is 4. The Morgan fingerprint density at radius 1 is 0.806 bits per heavy atom. The molecule has 0 aliphatic heterocycles. The van der Waals surface area contributed by atoms with Crippen LogP contribution in [0.15, 0.2) is 12.4 Å². The Morgan fingerprint density at radius 2 is 1.16 bits per heavy atom. The van der Waals surface area contributed by atoms with Gasteiger partial charge in [0.15, 0.2) is 0 Å². The summed E-state index contributed by atoms with van der Waals surface area (Å²) in [6.07, 6.45) is 6.46. The summed E-state index contributed by atoms with van der Waals surface area (Å²) in [6, 6.07) is 0. The number of carbonyl (C=O) groups excluding carboxylic acids is 2. The van der Waals surface area contributed by atoms with Gasteiger partial charge in [0.2, 0.25) is 0 Å². The van der Waals surface area contributed by atoms with Gasteiger partial charge in [-0.15, -0.1) is 0 Å². The number of nitro groups is 2. The lowest BCUT2D eigenvalue weighted by atomic mass is 10.1. The molecule has 0 radical (unpaired) electrons. The highest BCUT2D eigenvalue weighted by atomic mass is 16.6. The normalized spacial score (nSPS) is 10.6.